The lowest BCUT2D eigenvalue weighted by Gasteiger charge is -2.38. The molecule has 27 heavy (non-hydrogen) atoms. The van der Waals surface area contributed by atoms with Gasteiger partial charge in [0.2, 0.25) is 0 Å². The molecule has 5 atom stereocenters. The average molecular weight is 381 g/mol. The predicted molar refractivity (Wildman–Crippen MR) is 104 cm³/mol. The van der Waals surface area contributed by atoms with Crippen molar-refractivity contribution in [3.8, 4) is 0 Å². The number of hydrogen-bond acceptors (Lipinski definition) is 5. The van der Waals surface area contributed by atoms with Crippen molar-refractivity contribution in [1.29, 1.82) is 0 Å². The van der Waals surface area contributed by atoms with Crippen LogP contribution in [0.4, 0.5) is 0 Å². The SMILES string of the molecule is CC(=O)O[C@@H]1CC[C@H](C)CC(=O)C[C@@](C)(O)C=C[C@@]2(C(C)C)CC[C@]1(C)O2. The summed E-state index contributed by atoms with van der Waals surface area (Å²) < 4.78 is 12.3. The summed E-state index contributed by atoms with van der Waals surface area (Å²) in [6, 6.07) is 0. The summed E-state index contributed by atoms with van der Waals surface area (Å²) in [5.41, 5.74) is -2.31. The van der Waals surface area contributed by atoms with Gasteiger partial charge in [-0.2, -0.15) is 0 Å². The smallest absolute Gasteiger partial charge is 0.303 e. The molecule has 0 spiro atoms. The molecule has 0 aromatic heterocycles. The van der Waals surface area contributed by atoms with Gasteiger partial charge in [0.15, 0.2) is 0 Å². The van der Waals surface area contributed by atoms with Crippen LogP contribution < -0.4 is 0 Å². The van der Waals surface area contributed by atoms with E-state index in [1.165, 1.54) is 6.92 Å². The summed E-state index contributed by atoms with van der Waals surface area (Å²) in [5.74, 6) is 0.0924. The maximum absolute atomic E-state index is 12.4. The van der Waals surface area contributed by atoms with E-state index in [1.54, 1.807) is 13.0 Å². The molecule has 0 unspecified atom stereocenters. The molecule has 1 N–H and O–H groups in total. The van der Waals surface area contributed by atoms with Gasteiger partial charge in [-0.15, -0.1) is 0 Å². The summed E-state index contributed by atoms with van der Waals surface area (Å²) in [5, 5.41) is 10.7. The van der Waals surface area contributed by atoms with E-state index >= 15 is 0 Å². The number of esters is 1. The normalized spacial score (nSPS) is 41.0. The van der Waals surface area contributed by atoms with Crippen molar-refractivity contribution >= 4 is 11.8 Å². The van der Waals surface area contributed by atoms with Crippen LogP contribution in [0.25, 0.3) is 0 Å². The third-order valence-electron chi connectivity index (χ3n) is 6.18. The number of rotatable bonds is 2. The number of carbonyl (C=O) groups is 2. The highest BCUT2D eigenvalue weighted by Gasteiger charge is 2.52. The Morgan fingerprint density at radius 3 is 2.52 bits per heavy atom. The molecular weight excluding hydrogens is 344 g/mol. The Morgan fingerprint density at radius 1 is 1.26 bits per heavy atom. The molecule has 5 heteroatoms. The number of hydrogen-bond donors (Lipinski definition) is 1. The van der Waals surface area contributed by atoms with E-state index in [9.17, 15) is 14.7 Å². The van der Waals surface area contributed by atoms with Crippen LogP contribution >= 0.6 is 0 Å². The fourth-order valence-electron chi connectivity index (χ4n) is 4.39. The third-order valence-corrected chi connectivity index (χ3v) is 6.18. The zero-order valence-electron chi connectivity index (χ0n) is 17.7. The molecule has 2 rings (SSSR count). The van der Waals surface area contributed by atoms with E-state index in [0.717, 1.165) is 19.3 Å². The monoisotopic (exact) mass is 380 g/mol. The van der Waals surface area contributed by atoms with Crippen LogP contribution in [0.3, 0.4) is 0 Å². The van der Waals surface area contributed by atoms with Crippen molar-refractivity contribution in [3.63, 3.8) is 0 Å². The molecule has 0 aromatic rings. The van der Waals surface area contributed by atoms with Gasteiger partial charge < -0.3 is 14.6 Å². The van der Waals surface area contributed by atoms with Crippen molar-refractivity contribution in [1.82, 2.24) is 0 Å². The molecule has 0 aromatic carbocycles. The molecule has 0 saturated carbocycles. The summed E-state index contributed by atoms with van der Waals surface area (Å²) in [4.78, 5) is 24.1. The van der Waals surface area contributed by atoms with Gasteiger partial charge in [-0.25, -0.2) is 0 Å². The fraction of sp³-hybridized carbons (Fsp3) is 0.818. The van der Waals surface area contributed by atoms with Crippen LogP contribution in [-0.2, 0) is 19.1 Å². The van der Waals surface area contributed by atoms with E-state index in [-0.39, 0.29) is 36.1 Å². The molecular formula is C22H36O5. The van der Waals surface area contributed by atoms with Crippen LogP contribution in [0, 0.1) is 11.8 Å². The first kappa shape index (κ1) is 22.1. The predicted octanol–water partition coefficient (Wildman–Crippen LogP) is 3.97. The zero-order valence-corrected chi connectivity index (χ0v) is 17.7. The molecule has 2 heterocycles. The first-order valence-corrected chi connectivity index (χ1v) is 10.2. The first-order valence-electron chi connectivity index (χ1n) is 10.2. The lowest BCUT2D eigenvalue weighted by molar-refractivity contribution is -0.179. The van der Waals surface area contributed by atoms with Crippen molar-refractivity contribution < 1.29 is 24.2 Å². The maximum atomic E-state index is 12.4. The highest BCUT2D eigenvalue weighted by atomic mass is 16.6. The summed E-state index contributed by atoms with van der Waals surface area (Å²) in [6.07, 6.45) is 6.84. The van der Waals surface area contributed by atoms with Gasteiger partial charge in [0.05, 0.1) is 11.2 Å². The molecule has 2 bridgehead atoms. The minimum absolute atomic E-state index is 0.0521. The Kier molecular flexibility index (Phi) is 6.58. The molecule has 0 aliphatic carbocycles. The number of carbonyl (C=O) groups excluding carboxylic acids is 2. The average Bonchev–Trinajstić information content (AvgIpc) is 2.88. The molecule has 1 saturated heterocycles. The van der Waals surface area contributed by atoms with E-state index in [1.807, 2.05) is 19.9 Å². The van der Waals surface area contributed by atoms with Gasteiger partial charge in [-0.1, -0.05) is 32.9 Å². The second-order valence-electron chi connectivity index (χ2n) is 9.42. The highest BCUT2D eigenvalue weighted by Crippen LogP contribution is 2.47. The second-order valence-corrected chi connectivity index (χ2v) is 9.42. The Morgan fingerprint density at radius 2 is 1.93 bits per heavy atom. The number of aliphatic hydroxyl groups is 1. The summed E-state index contributed by atoms with van der Waals surface area (Å²) in [6.45, 7) is 11.3. The van der Waals surface area contributed by atoms with Crippen LogP contribution in [-0.4, -0.2) is 39.8 Å². The van der Waals surface area contributed by atoms with Gasteiger partial charge in [0.25, 0.3) is 0 Å². The van der Waals surface area contributed by atoms with Crippen LogP contribution in [0.2, 0.25) is 0 Å². The highest BCUT2D eigenvalue weighted by molar-refractivity contribution is 5.79. The van der Waals surface area contributed by atoms with Gasteiger partial charge in [-0.05, 0) is 51.4 Å². The topological polar surface area (TPSA) is 72.8 Å². The number of fused-ring (bicyclic) bond motifs is 2. The molecule has 0 amide bonds. The molecule has 154 valence electrons. The Labute approximate surface area is 163 Å². The van der Waals surface area contributed by atoms with E-state index in [4.69, 9.17) is 9.47 Å². The van der Waals surface area contributed by atoms with E-state index in [2.05, 4.69) is 13.8 Å². The first-order chi connectivity index (χ1) is 12.4. The van der Waals surface area contributed by atoms with Gasteiger partial charge in [0.1, 0.15) is 17.5 Å². The van der Waals surface area contributed by atoms with Crippen molar-refractivity contribution in [3.05, 3.63) is 12.2 Å². The van der Waals surface area contributed by atoms with Crippen LogP contribution in [0.15, 0.2) is 12.2 Å². The Hall–Kier alpha value is -1.20. The molecule has 0 radical (unpaired) electrons. The lowest BCUT2D eigenvalue weighted by Crippen LogP contribution is -2.46. The number of Topliss-reactive ketones (excluding diaryl/α,β-unsaturated/α-hetero) is 1. The standard InChI is InChI=1S/C22H36O5/c1-15(2)22-11-9-20(5,25)14-18(24)13-16(3)7-8-19(26-17(4)23)21(6,27-22)10-12-22/h9,11,15-16,19,25H,7-8,10,12-14H2,1-6H3/t16-,19+,20-,21-,22-/m0/s1. The van der Waals surface area contributed by atoms with Crippen molar-refractivity contribution in [2.45, 2.75) is 103 Å². The quantitative estimate of drug-likeness (QED) is 0.580. The van der Waals surface area contributed by atoms with Crippen molar-refractivity contribution in [2.24, 2.45) is 11.8 Å². The molecule has 2 aliphatic heterocycles. The molecule has 1 fully saturated rings. The fourth-order valence-corrected chi connectivity index (χ4v) is 4.39. The summed E-state index contributed by atoms with van der Waals surface area (Å²) in [7, 11) is 0. The van der Waals surface area contributed by atoms with Crippen molar-refractivity contribution in [2.75, 3.05) is 0 Å². The third kappa shape index (κ3) is 5.41. The molecule has 5 nitrogen and oxygen atoms in total. The number of ketones is 1. The summed E-state index contributed by atoms with van der Waals surface area (Å²) >= 11 is 0. The van der Waals surface area contributed by atoms with Gasteiger partial charge >= 0.3 is 5.97 Å². The largest absolute Gasteiger partial charge is 0.459 e. The zero-order chi connectivity index (χ0) is 20.5. The van der Waals surface area contributed by atoms with Gasteiger partial charge in [0, 0.05) is 19.8 Å². The lowest BCUT2D eigenvalue weighted by atomic mass is 9.82. The Bertz CT molecular complexity index is 594. The van der Waals surface area contributed by atoms with Crippen LogP contribution in [0.1, 0.15) is 80.1 Å². The van der Waals surface area contributed by atoms with E-state index < -0.39 is 16.8 Å². The van der Waals surface area contributed by atoms with E-state index in [0.29, 0.717) is 12.8 Å². The minimum Gasteiger partial charge on any atom is -0.459 e. The minimum atomic E-state index is -1.19. The van der Waals surface area contributed by atoms with Gasteiger partial charge in [-0.3, -0.25) is 9.59 Å². The Balaban J connectivity index is 2.42. The van der Waals surface area contributed by atoms with Crippen LogP contribution in [0.5, 0.6) is 0 Å². The number of ether oxygens (including phenoxy) is 2. The molecule has 2 aliphatic rings. The maximum Gasteiger partial charge on any atom is 0.303 e. The second kappa shape index (κ2) is 8.04.